The van der Waals surface area contributed by atoms with Crippen LogP contribution < -0.4 is 5.32 Å². The highest BCUT2D eigenvalue weighted by Gasteiger charge is 2.54. The molecular formula is C23H30N5O5+. The zero-order valence-corrected chi connectivity index (χ0v) is 18.6. The highest BCUT2D eigenvalue weighted by atomic mass is 16.6. The summed E-state index contributed by atoms with van der Waals surface area (Å²) in [4.78, 5) is 37.8. The number of aromatic nitrogens is 3. The molecule has 1 unspecified atom stereocenters. The van der Waals surface area contributed by atoms with Crippen molar-refractivity contribution in [2.45, 2.75) is 50.2 Å². The number of fused-ring (bicyclic) bond motifs is 3. The lowest BCUT2D eigenvalue weighted by atomic mass is 9.81. The Morgan fingerprint density at radius 2 is 1.91 bits per heavy atom. The van der Waals surface area contributed by atoms with Crippen molar-refractivity contribution >= 4 is 17.8 Å². The molecule has 176 valence electrons. The number of carbonyl (C=O) groups excluding carboxylic acids is 2. The van der Waals surface area contributed by atoms with Crippen LogP contribution in [0.25, 0.3) is 0 Å². The van der Waals surface area contributed by atoms with Crippen LogP contribution in [-0.4, -0.2) is 68.7 Å². The van der Waals surface area contributed by atoms with Crippen LogP contribution in [0.2, 0.25) is 0 Å². The monoisotopic (exact) mass is 456 g/mol. The minimum atomic E-state index is -1.77. The summed E-state index contributed by atoms with van der Waals surface area (Å²) < 4.78 is 12.1. The smallest absolute Gasteiger partial charge is 0.346 e. The first-order valence-corrected chi connectivity index (χ1v) is 11.7. The van der Waals surface area contributed by atoms with Gasteiger partial charge in [0.1, 0.15) is 25.0 Å². The summed E-state index contributed by atoms with van der Waals surface area (Å²) in [5.74, 6) is -0.304. The molecule has 2 aromatic heterocycles. The molecule has 6 rings (SSSR count). The number of ether oxygens (including phenoxy) is 1. The molecular weight excluding hydrogens is 426 g/mol. The number of nitrogens with zero attached hydrogens (tertiary/aromatic N) is 4. The number of nitrogens with one attached hydrogen (secondary N) is 1. The van der Waals surface area contributed by atoms with Crippen molar-refractivity contribution in [2.24, 2.45) is 11.8 Å². The van der Waals surface area contributed by atoms with Crippen molar-refractivity contribution in [3.63, 3.8) is 0 Å². The fourth-order valence-corrected chi connectivity index (χ4v) is 5.88. The molecule has 10 nitrogen and oxygen atoms in total. The topological polar surface area (TPSA) is 127 Å². The molecule has 1 aliphatic carbocycles. The predicted molar refractivity (Wildman–Crippen MR) is 115 cm³/mol. The second-order valence-electron chi connectivity index (χ2n) is 9.65. The maximum atomic E-state index is 13.4. The van der Waals surface area contributed by atoms with Gasteiger partial charge in [-0.3, -0.25) is 10.1 Å². The van der Waals surface area contributed by atoms with Gasteiger partial charge in [-0.1, -0.05) is 12.8 Å². The van der Waals surface area contributed by atoms with Gasteiger partial charge in [0.05, 0.1) is 19.4 Å². The van der Waals surface area contributed by atoms with Gasteiger partial charge in [0, 0.05) is 24.7 Å². The zero-order valence-electron chi connectivity index (χ0n) is 18.6. The standard InChI is InChI=1S/C23H29N5O5/c29-20(27-22-25-14-24-15-26-22)13-28-9-7-16(8-10-28)18(12-28)33-21(30)23(31,17-4-1-2-5-17)19-6-3-11-32-19/h3,6,11,14-18,31H,1-2,4-5,7-10,12-13H2/p+1/t16?,18-,23?,28?/m0/s1. The number of amides is 1. The lowest BCUT2D eigenvalue weighted by Gasteiger charge is -2.51. The Balaban J connectivity index is 1.28. The fraction of sp³-hybridized carbons (Fsp3) is 0.609. The number of aliphatic hydroxyl groups is 1. The van der Waals surface area contributed by atoms with Gasteiger partial charge in [0.15, 0.2) is 12.6 Å². The van der Waals surface area contributed by atoms with Gasteiger partial charge >= 0.3 is 5.97 Å². The third kappa shape index (κ3) is 4.24. The summed E-state index contributed by atoms with van der Waals surface area (Å²) >= 11 is 0. The van der Waals surface area contributed by atoms with Crippen LogP contribution in [0.4, 0.5) is 5.95 Å². The molecule has 0 radical (unpaired) electrons. The SMILES string of the molecule is O=C(C[N+]12CCC(CC1)[C@@H](OC(=O)C(O)(c1ccco1)C1CCCC1)C2)Nc1ncncn1. The molecule has 2 aromatic rings. The molecule has 4 aliphatic rings. The van der Waals surface area contributed by atoms with E-state index in [9.17, 15) is 14.7 Å². The number of hydrogen-bond donors (Lipinski definition) is 2. The Kier molecular flexibility index (Phi) is 5.88. The third-order valence-electron chi connectivity index (χ3n) is 7.68. The van der Waals surface area contributed by atoms with Gasteiger partial charge in [0.2, 0.25) is 11.5 Å². The molecule has 3 saturated heterocycles. The fourth-order valence-electron chi connectivity index (χ4n) is 5.88. The molecule has 2 atom stereocenters. The lowest BCUT2D eigenvalue weighted by molar-refractivity contribution is -0.939. The summed E-state index contributed by atoms with van der Waals surface area (Å²) in [6.45, 7) is 2.53. The van der Waals surface area contributed by atoms with E-state index in [-0.39, 0.29) is 42.1 Å². The molecule has 1 saturated carbocycles. The summed E-state index contributed by atoms with van der Waals surface area (Å²) in [6, 6.07) is 3.33. The van der Waals surface area contributed by atoms with Gasteiger partial charge in [-0.15, -0.1) is 0 Å². The van der Waals surface area contributed by atoms with Crippen LogP contribution in [0.3, 0.4) is 0 Å². The van der Waals surface area contributed by atoms with Crippen LogP contribution in [0, 0.1) is 11.8 Å². The highest BCUT2D eigenvalue weighted by molar-refractivity contribution is 5.89. The number of esters is 1. The van der Waals surface area contributed by atoms with Crippen LogP contribution >= 0.6 is 0 Å². The van der Waals surface area contributed by atoms with Crippen molar-refractivity contribution in [3.8, 4) is 0 Å². The first kappa shape index (κ1) is 22.0. The number of furan rings is 1. The number of quaternary nitrogens is 1. The summed E-state index contributed by atoms with van der Waals surface area (Å²) in [5, 5.41) is 14.3. The maximum absolute atomic E-state index is 13.4. The molecule has 10 heteroatoms. The van der Waals surface area contributed by atoms with Crippen molar-refractivity contribution in [3.05, 3.63) is 36.8 Å². The second kappa shape index (κ2) is 8.83. The average molecular weight is 457 g/mol. The van der Waals surface area contributed by atoms with E-state index in [0.717, 1.165) is 51.6 Å². The van der Waals surface area contributed by atoms with Gasteiger partial charge in [-0.05, 0) is 25.0 Å². The second-order valence-corrected chi connectivity index (χ2v) is 9.65. The van der Waals surface area contributed by atoms with Crippen LogP contribution in [0.1, 0.15) is 44.3 Å². The highest BCUT2D eigenvalue weighted by Crippen LogP contribution is 2.43. The Morgan fingerprint density at radius 1 is 1.18 bits per heavy atom. The van der Waals surface area contributed by atoms with E-state index in [1.807, 2.05) is 0 Å². The Labute approximate surface area is 192 Å². The minimum absolute atomic E-state index is 0.176. The van der Waals surface area contributed by atoms with E-state index in [0.29, 0.717) is 11.0 Å². The van der Waals surface area contributed by atoms with E-state index in [1.165, 1.54) is 18.9 Å². The third-order valence-corrected chi connectivity index (χ3v) is 7.68. The van der Waals surface area contributed by atoms with E-state index >= 15 is 0 Å². The Bertz CT molecular complexity index is 970. The van der Waals surface area contributed by atoms with E-state index in [4.69, 9.17) is 9.15 Å². The first-order valence-electron chi connectivity index (χ1n) is 11.7. The molecule has 1 amide bonds. The van der Waals surface area contributed by atoms with Gasteiger partial charge in [-0.25, -0.2) is 19.7 Å². The zero-order chi connectivity index (χ0) is 22.9. The van der Waals surface area contributed by atoms with E-state index in [2.05, 4.69) is 20.3 Å². The normalized spacial score (nSPS) is 28.9. The molecule has 0 spiro atoms. The van der Waals surface area contributed by atoms with E-state index in [1.54, 1.807) is 12.1 Å². The van der Waals surface area contributed by atoms with Gasteiger partial charge in [0.25, 0.3) is 5.91 Å². The predicted octanol–water partition coefficient (Wildman–Crippen LogP) is 1.63. The Morgan fingerprint density at radius 3 is 2.58 bits per heavy atom. The average Bonchev–Trinajstić information content (AvgIpc) is 3.54. The van der Waals surface area contributed by atoms with Crippen LogP contribution in [0.5, 0.6) is 0 Å². The van der Waals surface area contributed by atoms with Crippen molar-refractivity contribution in [1.82, 2.24) is 15.0 Å². The Hall–Kier alpha value is -2.85. The lowest BCUT2D eigenvalue weighted by Crippen LogP contribution is -2.66. The quantitative estimate of drug-likeness (QED) is 0.475. The molecule has 0 aromatic carbocycles. The van der Waals surface area contributed by atoms with Gasteiger partial charge in [-0.2, -0.15) is 0 Å². The van der Waals surface area contributed by atoms with Crippen molar-refractivity contribution in [1.29, 1.82) is 0 Å². The van der Waals surface area contributed by atoms with Crippen LogP contribution in [0.15, 0.2) is 35.5 Å². The molecule has 5 heterocycles. The summed E-state index contributed by atoms with van der Waals surface area (Å²) in [6.07, 6.45) is 9.03. The molecule has 2 bridgehead atoms. The summed E-state index contributed by atoms with van der Waals surface area (Å²) in [5.41, 5.74) is -1.77. The molecule has 2 N–H and O–H groups in total. The van der Waals surface area contributed by atoms with E-state index < -0.39 is 11.6 Å². The number of rotatable bonds is 7. The van der Waals surface area contributed by atoms with Crippen molar-refractivity contribution in [2.75, 3.05) is 31.5 Å². The maximum Gasteiger partial charge on any atom is 0.346 e. The number of hydrogen-bond acceptors (Lipinski definition) is 8. The van der Waals surface area contributed by atoms with Crippen molar-refractivity contribution < 1.29 is 28.3 Å². The number of piperidine rings is 3. The minimum Gasteiger partial charge on any atom is -0.466 e. The molecule has 3 aliphatic heterocycles. The molecule has 4 fully saturated rings. The largest absolute Gasteiger partial charge is 0.466 e. The number of anilines is 1. The number of carbonyl (C=O) groups is 2. The van der Waals surface area contributed by atoms with Crippen LogP contribution in [-0.2, 0) is 19.9 Å². The summed E-state index contributed by atoms with van der Waals surface area (Å²) in [7, 11) is 0. The molecule has 33 heavy (non-hydrogen) atoms. The van der Waals surface area contributed by atoms with Gasteiger partial charge < -0.3 is 18.7 Å². The first-order chi connectivity index (χ1) is 16.0.